The summed E-state index contributed by atoms with van der Waals surface area (Å²) in [4.78, 5) is 18.5. The predicted molar refractivity (Wildman–Crippen MR) is 90.8 cm³/mol. The molecule has 1 aliphatic heterocycles. The third-order valence-corrected chi connectivity index (χ3v) is 4.80. The SMILES string of the molecule is CC(C)(C)OC(=O)N[C@@H]1[C@@H]2CC[C@H]1CN(c1ccnc(Cl)c1)C2. The minimum atomic E-state index is -0.461. The van der Waals surface area contributed by atoms with Crippen molar-refractivity contribution in [1.29, 1.82) is 0 Å². The Kier molecular flexibility index (Phi) is 4.41. The van der Waals surface area contributed by atoms with Crippen molar-refractivity contribution in [3.05, 3.63) is 23.5 Å². The molecular formula is C17H24ClN3O2. The minimum absolute atomic E-state index is 0.207. The van der Waals surface area contributed by atoms with Crippen LogP contribution >= 0.6 is 11.6 Å². The fourth-order valence-electron chi connectivity index (χ4n) is 3.70. The lowest BCUT2D eigenvalue weighted by Crippen LogP contribution is -2.53. The second kappa shape index (κ2) is 6.19. The number of ether oxygens (including phenoxy) is 1. The Bertz CT molecular complexity index is 573. The number of aromatic nitrogens is 1. The molecule has 1 aromatic rings. The van der Waals surface area contributed by atoms with Crippen LogP contribution in [0.15, 0.2) is 18.3 Å². The van der Waals surface area contributed by atoms with E-state index in [9.17, 15) is 4.79 Å². The number of amides is 1. The van der Waals surface area contributed by atoms with Crippen molar-refractivity contribution in [2.75, 3.05) is 18.0 Å². The summed E-state index contributed by atoms with van der Waals surface area (Å²) in [5.74, 6) is 0.904. The van der Waals surface area contributed by atoms with E-state index in [0.717, 1.165) is 31.6 Å². The number of alkyl carbamates (subject to hydrolysis) is 1. The van der Waals surface area contributed by atoms with E-state index in [2.05, 4.69) is 15.2 Å². The van der Waals surface area contributed by atoms with Crippen LogP contribution in [0, 0.1) is 11.8 Å². The molecule has 1 N–H and O–H groups in total. The monoisotopic (exact) mass is 337 g/mol. The lowest BCUT2D eigenvalue weighted by atomic mass is 9.92. The van der Waals surface area contributed by atoms with Gasteiger partial charge in [0, 0.05) is 31.0 Å². The highest BCUT2D eigenvalue weighted by Gasteiger charge is 2.43. The first kappa shape index (κ1) is 16.4. The first-order valence-corrected chi connectivity index (χ1v) is 8.55. The van der Waals surface area contributed by atoms with Gasteiger partial charge in [-0.1, -0.05) is 11.6 Å². The van der Waals surface area contributed by atoms with Crippen LogP contribution < -0.4 is 10.2 Å². The molecular weight excluding hydrogens is 314 g/mol. The van der Waals surface area contributed by atoms with Crippen molar-refractivity contribution in [2.24, 2.45) is 11.8 Å². The molecule has 1 saturated carbocycles. The van der Waals surface area contributed by atoms with E-state index in [1.54, 1.807) is 6.20 Å². The number of nitrogens with zero attached hydrogens (tertiary/aromatic N) is 2. The fraction of sp³-hybridized carbons (Fsp3) is 0.647. The van der Waals surface area contributed by atoms with Crippen LogP contribution in [0.3, 0.4) is 0 Å². The number of anilines is 1. The average molecular weight is 338 g/mol. The van der Waals surface area contributed by atoms with Gasteiger partial charge in [-0.25, -0.2) is 9.78 Å². The molecule has 6 heteroatoms. The van der Waals surface area contributed by atoms with Crippen molar-refractivity contribution < 1.29 is 9.53 Å². The Morgan fingerprint density at radius 2 is 2.00 bits per heavy atom. The van der Waals surface area contributed by atoms with Gasteiger partial charge in [-0.15, -0.1) is 0 Å². The highest BCUT2D eigenvalue weighted by molar-refractivity contribution is 6.29. The molecule has 2 aliphatic rings. The zero-order valence-electron chi connectivity index (χ0n) is 13.9. The molecule has 5 nitrogen and oxygen atoms in total. The van der Waals surface area contributed by atoms with Gasteiger partial charge in [-0.3, -0.25) is 0 Å². The maximum atomic E-state index is 12.1. The molecule has 1 aliphatic carbocycles. The number of carbonyl (C=O) groups excluding carboxylic acids is 1. The smallest absolute Gasteiger partial charge is 0.407 e. The molecule has 126 valence electrons. The van der Waals surface area contributed by atoms with Crippen LogP contribution in [0.5, 0.6) is 0 Å². The van der Waals surface area contributed by atoms with Crippen LogP contribution in [-0.4, -0.2) is 35.8 Å². The van der Waals surface area contributed by atoms with Gasteiger partial charge in [0.2, 0.25) is 0 Å². The summed E-state index contributed by atoms with van der Waals surface area (Å²) in [6.45, 7) is 7.51. The normalized spacial score (nSPS) is 27.0. The number of halogens is 1. The summed E-state index contributed by atoms with van der Waals surface area (Å²) in [5.41, 5.74) is 0.648. The predicted octanol–water partition coefficient (Wildman–Crippen LogP) is 3.47. The fourth-order valence-corrected chi connectivity index (χ4v) is 3.87. The van der Waals surface area contributed by atoms with E-state index in [-0.39, 0.29) is 12.1 Å². The van der Waals surface area contributed by atoms with Crippen molar-refractivity contribution in [1.82, 2.24) is 10.3 Å². The Balaban J connectivity index is 1.64. The molecule has 23 heavy (non-hydrogen) atoms. The van der Waals surface area contributed by atoms with Gasteiger partial charge >= 0.3 is 6.09 Å². The maximum absolute atomic E-state index is 12.1. The maximum Gasteiger partial charge on any atom is 0.407 e. The van der Waals surface area contributed by atoms with Gasteiger partial charge < -0.3 is 15.0 Å². The highest BCUT2D eigenvalue weighted by atomic mass is 35.5. The number of fused-ring (bicyclic) bond motifs is 2. The molecule has 3 rings (SSSR count). The number of pyridine rings is 1. The molecule has 0 radical (unpaired) electrons. The molecule has 2 bridgehead atoms. The van der Waals surface area contributed by atoms with E-state index < -0.39 is 5.60 Å². The Hall–Kier alpha value is -1.49. The van der Waals surface area contributed by atoms with E-state index in [4.69, 9.17) is 16.3 Å². The van der Waals surface area contributed by atoms with Crippen LogP contribution in [0.4, 0.5) is 10.5 Å². The lowest BCUT2D eigenvalue weighted by Gasteiger charge is -2.39. The van der Waals surface area contributed by atoms with Crippen molar-refractivity contribution in [3.8, 4) is 0 Å². The van der Waals surface area contributed by atoms with Gasteiger partial charge in [-0.2, -0.15) is 0 Å². The van der Waals surface area contributed by atoms with Gasteiger partial charge in [0.15, 0.2) is 0 Å². The number of rotatable bonds is 2. The molecule has 2 heterocycles. The molecule has 3 atom stereocenters. The van der Waals surface area contributed by atoms with Crippen LogP contribution in [0.25, 0.3) is 0 Å². The molecule has 1 aromatic heterocycles. The summed E-state index contributed by atoms with van der Waals surface area (Å²) < 4.78 is 5.40. The van der Waals surface area contributed by atoms with Crippen LogP contribution in [0.1, 0.15) is 33.6 Å². The van der Waals surface area contributed by atoms with Crippen molar-refractivity contribution in [2.45, 2.75) is 45.3 Å². The van der Waals surface area contributed by atoms with Gasteiger partial charge in [-0.05, 0) is 57.6 Å². The Morgan fingerprint density at radius 3 is 2.57 bits per heavy atom. The van der Waals surface area contributed by atoms with Crippen LogP contribution in [0.2, 0.25) is 5.15 Å². The molecule has 1 amide bonds. The van der Waals surface area contributed by atoms with E-state index in [0.29, 0.717) is 17.0 Å². The molecule has 0 spiro atoms. The van der Waals surface area contributed by atoms with Gasteiger partial charge in [0.1, 0.15) is 10.8 Å². The van der Waals surface area contributed by atoms with E-state index in [1.165, 1.54) is 0 Å². The highest BCUT2D eigenvalue weighted by Crippen LogP contribution is 2.39. The van der Waals surface area contributed by atoms with E-state index in [1.807, 2.05) is 32.9 Å². The topological polar surface area (TPSA) is 54.5 Å². The quantitative estimate of drug-likeness (QED) is 0.839. The van der Waals surface area contributed by atoms with Gasteiger partial charge in [0.25, 0.3) is 0 Å². The zero-order chi connectivity index (χ0) is 16.6. The molecule has 0 aromatic carbocycles. The number of hydrogen-bond donors (Lipinski definition) is 1. The second-order valence-corrected chi connectivity index (χ2v) is 7.90. The van der Waals surface area contributed by atoms with Crippen molar-refractivity contribution >= 4 is 23.4 Å². The van der Waals surface area contributed by atoms with Crippen molar-refractivity contribution in [3.63, 3.8) is 0 Å². The number of nitrogens with one attached hydrogen (secondary N) is 1. The Labute approximate surface area is 142 Å². The van der Waals surface area contributed by atoms with Crippen LogP contribution in [-0.2, 0) is 4.74 Å². The molecule has 1 saturated heterocycles. The minimum Gasteiger partial charge on any atom is -0.444 e. The largest absolute Gasteiger partial charge is 0.444 e. The molecule has 2 fully saturated rings. The lowest BCUT2D eigenvalue weighted by molar-refractivity contribution is 0.0472. The number of carbonyl (C=O) groups is 1. The standard InChI is InChI=1S/C17H24ClN3O2/c1-17(2,3)23-16(22)20-15-11-4-5-12(15)10-21(9-11)13-6-7-19-14(18)8-13/h6-8,11-12,15H,4-5,9-10H2,1-3H3,(H,20,22)/t11-,12+,15-. The third kappa shape index (κ3) is 3.89. The second-order valence-electron chi connectivity index (χ2n) is 7.51. The number of piperidine rings is 1. The summed E-state index contributed by atoms with van der Waals surface area (Å²) in [6, 6.07) is 4.11. The Morgan fingerprint density at radius 1 is 1.35 bits per heavy atom. The first-order valence-electron chi connectivity index (χ1n) is 8.18. The third-order valence-electron chi connectivity index (χ3n) is 4.59. The zero-order valence-corrected chi connectivity index (χ0v) is 14.6. The first-order chi connectivity index (χ1) is 10.8. The summed E-state index contributed by atoms with van der Waals surface area (Å²) in [5, 5.41) is 3.61. The summed E-state index contributed by atoms with van der Waals surface area (Å²) in [7, 11) is 0. The molecule has 0 unspecified atom stereocenters. The number of hydrogen-bond acceptors (Lipinski definition) is 4. The summed E-state index contributed by atoms with van der Waals surface area (Å²) >= 11 is 6.00. The summed E-state index contributed by atoms with van der Waals surface area (Å²) in [6.07, 6.45) is 3.71. The van der Waals surface area contributed by atoms with E-state index >= 15 is 0 Å². The average Bonchev–Trinajstić information content (AvgIpc) is 2.68. The van der Waals surface area contributed by atoms with Gasteiger partial charge in [0.05, 0.1) is 0 Å².